The molecule has 1 aromatic rings. The maximum atomic E-state index is 4.12. The Morgan fingerprint density at radius 1 is 1.11 bits per heavy atom. The summed E-state index contributed by atoms with van der Waals surface area (Å²) in [6, 6.07) is 8.39. The van der Waals surface area contributed by atoms with E-state index in [-0.39, 0.29) is 0 Å². The molecule has 19 heavy (non-hydrogen) atoms. The third-order valence-corrected chi connectivity index (χ3v) is 3.83. The summed E-state index contributed by atoms with van der Waals surface area (Å²) in [5, 5.41) is 3.44. The maximum Gasteiger partial charge on any atom is 0.0340 e. The van der Waals surface area contributed by atoms with E-state index in [4.69, 9.17) is 0 Å². The summed E-state index contributed by atoms with van der Waals surface area (Å²) in [4.78, 5) is 0. The van der Waals surface area contributed by atoms with Crippen molar-refractivity contribution < 1.29 is 0 Å². The lowest BCUT2D eigenvalue weighted by Gasteiger charge is -2.28. The molecule has 0 fully saturated rings. The molecule has 0 saturated carbocycles. The van der Waals surface area contributed by atoms with Gasteiger partial charge < -0.3 is 5.32 Å². The molecule has 1 unspecified atom stereocenters. The zero-order valence-corrected chi connectivity index (χ0v) is 13.0. The van der Waals surface area contributed by atoms with E-state index in [0.29, 0.717) is 11.3 Å². The standard InChI is InChI=1S/C18H27N/c1-13(2)16-8-10-17(11-9-16)15(4)19-12-14(3)18(5,6)7/h8-11,14,19H,1,4,12H2,2-3,5-7H3. The monoisotopic (exact) mass is 257 g/mol. The number of rotatable bonds is 5. The van der Waals surface area contributed by atoms with Crippen molar-refractivity contribution in [2.45, 2.75) is 34.6 Å². The van der Waals surface area contributed by atoms with Gasteiger partial charge in [0.15, 0.2) is 0 Å². The first-order valence-corrected chi connectivity index (χ1v) is 6.91. The topological polar surface area (TPSA) is 12.0 Å². The van der Waals surface area contributed by atoms with Gasteiger partial charge in [-0.3, -0.25) is 0 Å². The molecule has 104 valence electrons. The minimum Gasteiger partial charge on any atom is -0.385 e. The highest BCUT2D eigenvalue weighted by Gasteiger charge is 2.19. The number of benzene rings is 1. The summed E-state index contributed by atoms with van der Waals surface area (Å²) in [7, 11) is 0. The highest BCUT2D eigenvalue weighted by molar-refractivity contribution is 5.66. The Hall–Kier alpha value is -1.50. The Morgan fingerprint density at radius 3 is 2.00 bits per heavy atom. The van der Waals surface area contributed by atoms with E-state index in [1.54, 1.807) is 0 Å². The molecular formula is C18H27N. The third kappa shape index (κ3) is 4.59. The summed E-state index contributed by atoms with van der Waals surface area (Å²) >= 11 is 0. The van der Waals surface area contributed by atoms with Gasteiger partial charge in [0, 0.05) is 12.2 Å². The lowest BCUT2D eigenvalue weighted by Crippen LogP contribution is -2.28. The molecule has 0 radical (unpaired) electrons. The molecule has 0 aromatic heterocycles. The van der Waals surface area contributed by atoms with Gasteiger partial charge >= 0.3 is 0 Å². The SMILES string of the molecule is C=C(C)c1ccc(C(=C)NCC(C)C(C)(C)C)cc1. The Labute approximate surface area is 118 Å². The molecule has 1 aromatic carbocycles. The third-order valence-electron chi connectivity index (χ3n) is 3.83. The van der Waals surface area contributed by atoms with Crippen molar-refractivity contribution in [1.82, 2.24) is 5.32 Å². The van der Waals surface area contributed by atoms with Crippen LogP contribution in [0.5, 0.6) is 0 Å². The first-order chi connectivity index (χ1) is 8.71. The van der Waals surface area contributed by atoms with Crippen molar-refractivity contribution >= 4 is 11.3 Å². The predicted octanol–water partition coefficient (Wildman–Crippen LogP) is 4.96. The molecular weight excluding hydrogens is 230 g/mol. The van der Waals surface area contributed by atoms with Gasteiger partial charge in [0.2, 0.25) is 0 Å². The van der Waals surface area contributed by atoms with E-state index in [0.717, 1.165) is 23.4 Å². The van der Waals surface area contributed by atoms with Crippen LogP contribution in [0, 0.1) is 11.3 Å². The van der Waals surface area contributed by atoms with E-state index in [1.165, 1.54) is 5.56 Å². The molecule has 1 rings (SSSR count). The van der Waals surface area contributed by atoms with Gasteiger partial charge in [-0.05, 0) is 29.4 Å². The molecule has 0 saturated heterocycles. The maximum absolute atomic E-state index is 4.12. The van der Waals surface area contributed by atoms with Gasteiger partial charge in [0.1, 0.15) is 0 Å². The van der Waals surface area contributed by atoms with Gasteiger partial charge in [0.25, 0.3) is 0 Å². The van der Waals surface area contributed by atoms with E-state index < -0.39 is 0 Å². The van der Waals surface area contributed by atoms with Crippen LogP contribution >= 0.6 is 0 Å². The summed E-state index contributed by atoms with van der Waals surface area (Å²) in [5.41, 5.74) is 4.72. The Balaban J connectivity index is 2.61. The second-order valence-corrected chi connectivity index (χ2v) is 6.48. The van der Waals surface area contributed by atoms with Crippen molar-refractivity contribution in [3.63, 3.8) is 0 Å². The van der Waals surface area contributed by atoms with Crippen LogP contribution in [0.15, 0.2) is 37.4 Å². The molecule has 1 heteroatoms. The molecule has 1 N–H and O–H groups in total. The molecule has 0 heterocycles. The molecule has 1 atom stereocenters. The highest BCUT2D eigenvalue weighted by Crippen LogP contribution is 2.25. The summed E-state index contributed by atoms with van der Waals surface area (Å²) in [5.74, 6) is 0.596. The van der Waals surface area contributed by atoms with Gasteiger partial charge in [-0.1, -0.05) is 70.7 Å². The van der Waals surface area contributed by atoms with Crippen LogP contribution in [-0.2, 0) is 0 Å². The van der Waals surface area contributed by atoms with Crippen LogP contribution in [0.25, 0.3) is 11.3 Å². The van der Waals surface area contributed by atoms with Crippen LogP contribution in [-0.4, -0.2) is 6.54 Å². The Bertz CT molecular complexity index is 446. The van der Waals surface area contributed by atoms with Gasteiger partial charge in [0.05, 0.1) is 0 Å². The smallest absolute Gasteiger partial charge is 0.0340 e. The number of hydrogen-bond donors (Lipinski definition) is 1. The summed E-state index contributed by atoms with van der Waals surface area (Å²) in [6.07, 6.45) is 0. The van der Waals surface area contributed by atoms with E-state index >= 15 is 0 Å². The number of allylic oxidation sites excluding steroid dienone is 1. The highest BCUT2D eigenvalue weighted by atomic mass is 14.9. The second kappa shape index (κ2) is 6.10. The lowest BCUT2D eigenvalue weighted by atomic mass is 9.82. The molecule has 0 aliphatic carbocycles. The van der Waals surface area contributed by atoms with Crippen LogP contribution in [0.1, 0.15) is 45.7 Å². The van der Waals surface area contributed by atoms with Crippen molar-refractivity contribution in [3.8, 4) is 0 Å². The zero-order valence-electron chi connectivity index (χ0n) is 13.0. The molecule has 1 nitrogen and oxygen atoms in total. The largest absolute Gasteiger partial charge is 0.385 e. The fourth-order valence-corrected chi connectivity index (χ4v) is 1.64. The van der Waals surface area contributed by atoms with E-state index in [2.05, 4.69) is 70.4 Å². The van der Waals surface area contributed by atoms with Crippen LogP contribution in [0.2, 0.25) is 0 Å². The first-order valence-electron chi connectivity index (χ1n) is 6.91. The summed E-state index contributed by atoms with van der Waals surface area (Å²) in [6.45, 7) is 20.1. The van der Waals surface area contributed by atoms with Crippen LogP contribution in [0.4, 0.5) is 0 Å². The Kier molecular flexibility index (Phi) is 4.99. The average Bonchev–Trinajstić information content (AvgIpc) is 2.34. The van der Waals surface area contributed by atoms with Gasteiger partial charge in [-0.25, -0.2) is 0 Å². The fourth-order valence-electron chi connectivity index (χ4n) is 1.64. The van der Waals surface area contributed by atoms with E-state index in [1.807, 2.05) is 6.92 Å². The zero-order chi connectivity index (χ0) is 14.6. The minimum absolute atomic E-state index is 0.317. The Morgan fingerprint density at radius 2 is 1.58 bits per heavy atom. The normalized spacial score (nSPS) is 12.9. The summed E-state index contributed by atoms with van der Waals surface area (Å²) < 4.78 is 0. The van der Waals surface area contributed by atoms with Crippen molar-refractivity contribution in [2.75, 3.05) is 6.54 Å². The predicted molar refractivity (Wildman–Crippen MR) is 86.8 cm³/mol. The quantitative estimate of drug-likeness (QED) is 0.786. The number of nitrogens with one attached hydrogen (secondary N) is 1. The minimum atomic E-state index is 0.317. The molecule has 0 aliphatic rings. The van der Waals surface area contributed by atoms with Crippen LogP contribution in [0.3, 0.4) is 0 Å². The van der Waals surface area contributed by atoms with Gasteiger partial charge in [-0.15, -0.1) is 0 Å². The average molecular weight is 257 g/mol. The van der Waals surface area contributed by atoms with Crippen LogP contribution < -0.4 is 5.32 Å². The molecule has 0 aliphatic heterocycles. The molecule has 0 spiro atoms. The lowest BCUT2D eigenvalue weighted by molar-refractivity contribution is 0.261. The van der Waals surface area contributed by atoms with Crippen molar-refractivity contribution in [2.24, 2.45) is 11.3 Å². The van der Waals surface area contributed by atoms with Crippen molar-refractivity contribution in [3.05, 3.63) is 48.6 Å². The molecule has 0 bridgehead atoms. The molecule has 0 amide bonds. The van der Waals surface area contributed by atoms with Crippen molar-refractivity contribution in [1.29, 1.82) is 0 Å². The van der Waals surface area contributed by atoms with E-state index in [9.17, 15) is 0 Å². The number of hydrogen-bond acceptors (Lipinski definition) is 1. The first kappa shape index (κ1) is 15.6. The second-order valence-electron chi connectivity index (χ2n) is 6.48. The van der Waals surface area contributed by atoms with Gasteiger partial charge in [-0.2, -0.15) is 0 Å². The fraction of sp³-hybridized carbons (Fsp3) is 0.444.